The lowest BCUT2D eigenvalue weighted by Gasteiger charge is -2.26. The third kappa shape index (κ3) is 1.35. The maximum Gasteiger partial charge on any atom is 0.354 e. The molecule has 0 saturated heterocycles. The smallest absolute Gasteiger partial charge is 0.354 e. The van der Waals surface area contributed by atoms with Crippen LogP contribution < -0.4 is 0 Å². The molecule has 0 bridgehead atoms. The van der Waals surface area contributed by atoms with Gasteiger partial charge in [0.05, 0.1) is 24.9 Å². The van der Waals surface area contributed by atoms with E-state index in [2.05, 4.69) is 5.10 Å². The highest BCUT2D eigenvalue weighted by Gasteiger charge is 2.31. The number of rotatable bonds is 2. The van der Waals surface area contributed by atoms with Crippen molar-refractivity contribution in [3.63, 3.8) is 0 Å². The van der Waals surface area contributed by atoms with Crippen molar-refractivity contribution in [1.82, 2.24) is 9.78 Å². The van der Waals surface area contributed by atoms with Crippen molar-refractivity contribution in [3.8, 4) is 0 Å². The van der Waals surface area contributed by atoms with E-state index in [1.807, 2.05) is 0 Å². The van der Waals surface area contributed by atoms with Crippen LogP contribution in [0.2, 0.25) is 0 Å². The summed E-state index contributed by atoms with van der Waals surface area (Å²) in [5.41, 5.74) is 2.09. The summed E-state index contributed by atoms with van der Waals surface area (Å²) in [6.45, 7) is 1.05. The van der Waals surface area contributed by atoms with Gasteiger partial charge in [0.1, 0.15) is 5.69 Å². The quantitative estimate of drug-likeness (QED) is 0.821. The molecule has 1 aromatic heterocycles. The van der Waals surface area contributed by atoms with Crippen molar-refractivity contribution < 1.29 is 14.6 Å². The number of carbonyl (C=O) groups is 1. The summed E-state index contributed by atoms with van der Waals surface area (Å²) in [5, 5.41) is 13.7. The average molecular weight is 222 g/mol. The largest absolute Gasteiger partial charge is 0.477 e. The van der Waals surface area contributed by atoms with Crippen LogP contribution in [0.25, 0.3) is 0 Å². The lowest BCUT2D eigenvalue weighted by Crippen LogP contribution is -2.22. The van der Waals surface area contributed by atoms with E-state index in [9.17, 15) is 9.90 Å². The summed E-state index contributed by atoms with van der Waals surface area (Å²) in [6, 6.07) is 0.289. The SMILES string of the molecule is O=C(O)c1c2c(nn1C1CCC1)COCC2. The fourth-order valence-corrected chi connectivity index (χ4v) is 2.36. The first-order valence-corrected chi connectivity index (χ1v) is 5.68. The van der Waals surface area contributed by atoms with Gasteiger partial charge in [0.15, 0.2) is 0 Å². The molecule has 0 spiro atoms. The van der Waals surface area contributed by atoms with Gasteiger partial charge < -0.3 is 9.84 Å². The number of carboxylic acid groups (broad SMARTS) is 1. The molecule has 0 amide bonds. The Kier molecular flexibility index (Phi) is 2.21. The first-order valence-electron chi connectivity index (χ1n) is 5.68. The number of ether oxygens (including phenoxy) is 1. The molecule has 1 saturated carbocycles. The summed E-state index contributed by atoms with van der Waals surface area (Å²) >= 11 is 0. The Labute approximate surface area is 93.0 Å². The minimum Gasteiger partial charge on any atom is -0.477 e. The van der Waals surface area contributed by atoms with Gasteiger partial charge in [-0.2, -0.15) is 5.10 Å². The molecule has 1 N–H and O–H groups in total. The molecular weight excluding hydrogens is 208 g/mol. The van der Waals surface area contributed by atoms with Crippen LogP contribution in [-0.2, 0) is 17.8 Å². The van der Waals surface area contributed by atoms with Crippen LogP contribution in [0, 0.1) is 0 Å². The molecule has 86 valence electrons. The van der Waals surface area contributed by atoms with Gasteiger partial charge >= 0.3 is 5.97 Å². The number of nitrogens with zero attached hydrogens (tertiary/aromatic N) is 2. The van der Waals surface area contributed by atoms with Crippen LogP contribution in [0.15, 0.2) is 0 Å². The topological polar surface area (TPSA) is 64.3 Å². The Morgan fingerprint density at radius 2 is 2.31 bits per heavy atom. The van der Waals surface area contributed by atoms with Crippen molar-refractivity contribution in [3.05, 3.63) is 17.0 Å². The lowest BCUT2D eigenvalue weighted by atomic mass is 9.93. The van der Waals surface area contributed by atoms with E-state index in [1.165, 1.54) is 6.42 Å². The first kappa shape index (κ1) is 9.84. The zero-order chi connectivity index (χ0) is 11.1. The molecule has 0 aromatic carbocycles. The summed E-state index contributed by atoms with van der Waals surface area (Å²) in [4.78, 5) is 11.3. The molecule has 0 atom stereocenters. The second-order valence-electron chi connectivity index (χ2n) is 4.41. The van der Waals surface area contributed by atoms with Crippen molar-refractivity contribution in [1.29, 1.82) is 0 Å². The fourth-order valence-electron chi connectivity index (χ4n) is 2.36. The van der Waals surface area contributed by atoms with Crippen molar-refractivity contribution >= 4 is 5.97 Å². The van der Waals surface area contributed by atoms with Crippen molar-refractivity contribution in [2.75, 3.05) is 6.61 Å². The second kappa shape index (κ2) is 3.59. The van der Waals surface area contributed by atoms with E-state index in [0.29, 0.717) is 25.3 Å². The van der Waals surface area contributed by atoms with Gasteiger partial charge in [-0.3, -0.25) is 4.68 Å². The van der Waals surface area contributed by atoms with Gasteiger partial charge in [0, 0.05) is 12.0 Å². The zero-order valence-electron chi connectivity index (χ0n) is 8.98. The van der Waals surface area contributed by atoms with E-state index in [-0.39, 0.29) is 6.04 Å². The summed E-state index contributed by atoms with van der Waals surface area (Å²) in [5.74, 6) is -0.859. The highest BCUT2D eigenvalue weighted by atomic mass is 16.5. The van der Waals surface area contributed by atoms with Crippen LogP contribution in [0.5, 0.6) is 0 Å². The van der Waals surface area contributed by atoms with E-state index in [1.54, 1.807) is 4.68 Å². The van der Waals surface area contributed by atoms with Crippen LogP contribution in [0.4, 0.5) is 0 Å². The Morgan fingerprint density at radius 3 is 2.94 bits per heavy atom. The predicted molar refractivity (Wildman–Crippen MR) is 55.4 cm³/mol. The fraction of sp³-hybridized carbons (Fsp3) is 0.636. The Morgan fingerprint density at radius 1 is 1.50 bits per heavy atom. The lowest BCUT2D eigenvalue weighted by molar-refractivity contribution is 0.0672. The van der Waals surface area contributed by atoms with Crippen LogP contribution in [-0.4, -0.2) is 27.5 Å². The highest BCUT2D eigenvalue weighted by Crippen LogP contribution is 2.34. The molecule has 5 nitrogen and oxygen atoms in total. The summed E-state index contributed by atoms with van der Waals surface area (Å²) < 4.78 is 7.02. The van der Waals surface area contributed by atoms with Gasteiger partial charge in [-0.05, 0) is 19.3 Å². The van der Waals surface area contributed by atoms with Crippen LogP contribution >= 0.6 is 0 Å². The monoisotopic (exact) mass is 222 g/mol. The minimum absolute atomic E-state index is 0.289. The third-order valence-corrected chi connectivity index (χ3v) is 3.45. The second-order valence-corrected chi connectivity index (χ2v) is 4.41. The molecular formula is C11H14N2O3. The van der Waals surface area contributed by atoms with Gasteiger partial charge in [-0.1, -0.05) is 0 Å². The molecule has 0 radical (unpaired) electrons. The molecule has 5 heteroatoms. The Bertz CT molecular complexity index is 435. The minimum atomic E-state index is -0.859. The average Bonchev–Trinajstić information content (AvgIpc) is 2.53. The van der Waals surface area contributed by atoms with Crippen LogP contribution in [0.3, 0.4) is 0 Å². The maximum absolute atomic E-state index is 11.3. The zero-order valence-corrected chi connectivity index (χ0v) is 8.98. The molecule has 16 heavy (non-hydrogen) atoms. The molecule has 1 aromatic rings. The van der Waals surface area contributed by atoms with Gasteiger partial charge in [-0.15, -0.1) is 0 Å². The third-order valence-electron chi connectivity index (χ3n) is 3.45. The van der Waals surface area contributed by atoms with E-state index >= 15 is 0 Å². The predicted octanol–water partition coefficient (Wildman–Crippen LogP) is 1.38. The number of hydrogen-bond acceptors (Lipinski definition) is 3. The van der Waals surface area contributed by atoms with E-state index in [0.717, 1.165) is 24.1 Å². The number of aromatic carboxylic acids is 1. The maximum atomic E-state index is 11.3. The first-order chi connectivity index (χ1) is 7.77. The molecule has 2 heterocycles. The number of fused-ring (bicyclic) bond motifs is 1. The highest BCUT2D eigenvalue weighted by molar-refractivity contribution is 5.88. The van der Waals surface area contributed by atoms with E-state index in [4.69, 9.17) is 4.74 Å². The molecule has 1 aliphatic carbocycles. The molecule has 2 aliphatic rings. The Hall–Kier alpha value is -1.36. The van der Waals surface area contributed by atoms with Gasteiger partial charge in [-0.25, -0.2) is 4.79 Å². The standard InChI is InChI=1S/C11H14N2O3/c14-11(15)10-8-4-5-16-6-9(8)12-13(10)7-2-1-3-7/h7H,1-6H2,(H,14,15). The molecule has 1 aliphatic heterocycles. The van der Waals surface area contributed by atoms with Gasteiger partial charge in [0.25, 0.3) is 0 Å². The number of hydrogen-bond donors (Lipinski definition) is 1. The summed E-state index contributed by atoms with van der Waals surface area (Å²) in [6.07, 6.45) is 3.93. The summed E-state index contributed by atoms with van der Waals surface area (Å²) in [7, 11) is 0. The van der Waals surface area contributed by atoms with Crippen LogP contribution in [0.1, 0.15) is 47.1 Å². The normalized spacial score (nSPS) is 20.2. The van der Waals surface area contributed by atoms with E-state index < -0.39 is 5.97 Å². The number of carboxylic acids is 1. The Balaban J connectivity index is 2.08. The number of aromatic nitrogens is 2. The van der Waals surface area contributed by atoms with Crippen molar-refractivity contribution in [2.24, 2.45) is 0 Å². The van der Waals surface area contributed by atoms with Gasteiger partial charge in [0.2, 0.25) is 0 Å². The molecule has 0 unspecified atom stereocenters. The molecule has 1 fully saturated rings. The molecule has 3 rings (SSSR count). The van der Waals surface area contributed by atoms with Crippen molar-refractivity contribution in [2.45, 2.75) is 38.3 Å².